The van der Waals surface area contributed by atoms with Crippen LogP contribution >= 0.6 is 0 Å². The van der Waals surface area contributed by atoms with Gasteiger partial charge in [0.25, 0.3) is 0 Å². The van der Waals surface area contributed by atoms with Crippen LogP contribution in [0.2, 0.25) is 0 Å². The summed E-state index contributed by atoms with van der Waals surface area (Å²) in [5.74, 6) is 1.49. The maximum Gasteiger partial charge on any atom is 0.175 e. The lowest BCUT2D eigenvalue weighted by Gasteiger charge is -2.33. The number of nitrogens with one attached hydrogen (secondary N) is 1. The number of hydrogen-bond donors (Lipinski definition) is 1. The molecule has 3 nitrogen and oxygen atoms in total. The average molecular weight is 309 g/mol. The van der Waals surface area contributed by atoms with Crippen LogP contribution < -0.4 is 5.32 Å². The summed E-state index contributed by atoms with van der Waals surface area (Å²) in [5.41, 5.74) is 2.07. The molecule has 0 radical (unpaired) electrons. The molecule has 1 aromatic carbocycles. The first-order valence-electron chi connectivity index (χ1n) is 7.84. The molecule has 0 spiro atoms. The van der Waals surface area contributed by atoms with Crippen molar-refractivity contribution in [1.82, 2.24) is 0 Å². The summed E-state index contributed by atoms with van der Waals surface area (Å²) in [6, 6.07) is 5.82. The summed E-state index contributed by atoms with van der Waals surface area (Å²) < 4.78 is 23.4. The van der Waals surface area contributed by atoms with Crippen molar-refractivity contribution in [2.45, 2.75) is 57.4 Å². The lowest BCUT2D eigenvalue weighted by Crippen LogP contribution is -2.29. The van der Waals surface area contributed by atoms with Crippen molar-refractivity contribution in [3.05, 3.63) is 23.8 Å². The van der Waals surface area contributed by atoms with Gasteiger partial charge in [-0.15, -0.1) is 0 Å². The topological polar surface area (TPSA) is 46.2 Å². The molecule has 0 saturated heterocycles. The van der Waals surface area contributed by atoms with Gasteiger partial charge in [0.15, 0.2) is 9.84 Å². The van der Waals surface area contributed by atoms with Gasteiger partial charge in [-0.05, 0) is 49.3 Å². The number of aryl methyl sites for hydroxylation is 1. The molecule has 0 bridgehead atoms. The zero-order chi connectivity index (χ0) is 15.6. The van der Waals surface area contributed by atoms with Gasteiger partial charge in [0.05, 0.1) is 4.90 Å². The van der Waals surface area contributed by atoms with Crippen molar-refractivity contribution in [3.8, 4) is 0 Å². The standard InChI is InChI=1S/C17H27NO2S/c1-12(2)14-6-5-7-15(10-14)18-17-11-16(21(4,19)20)9-8-13(17)3/h8-9,11-12,14-15,18H,5-7,10H2,1-4H3. The van der Waals surface area contributed by atoms with Gasteiger partial charge in [0.2, 0.25) is 0 Å². The van der Waals surface area contributed by atoms with Crippen LogP contribution in [0.25, 0.3) is 0 Å². The largest absolute Gasteiger partial charge is 0.382 e. The van der Waals surface area contributed by atoms with Crippen molar-refractivity contribution < 1.29 is 8.42 Å². The molecule has 21 heavy (non-hydrogen) atoms. The summed E-state index contributed by atoms with van der Waals surface area (Å²) in [4.78, 5) is 0.395. The van der Waals surface area contributed by atoms with Crippen LogP contribution in [-0.4, -0.2) is 20.7 Å². The van der Waals surface area contributed by atoms with Crippen LogP contribution in [0.1, 0.15) is 45.1 Å². The van der Waals surface area contributed by atoms with Crippen molar-refractivity contribution >= 4 is 15.5 Å². The monoisotopic (exact) mass is 309 g/mol. The van der Waals surface area contributed by atoms with Crippen LogP contribution in [0.15, 0.2) is 23.1 Å². The number of anilines is 1. The van der Waals surface area contributed by atoms with Gasteiger partial charge in [0, 0.05) is 18.0 Å². The van der Waals surface area contributed by atoms with E-state index in [2.05, 4.69) is 19.2 Å². The number of benzene rings is 1. The third-order valence-corrected chi connectivity index (χ3v) is 5.76. The highest BCUT2D eigenvalue weighted by atomic mass is 32.2. The molecule has 1 saturated carbocycles. The normalized spacial score (nSPS) is 23.3. The SMILES string of the molecule is Cc1ccc(S(C)(=O)=O)cc1NC1CCCC(C(C)C)C1. The van der Waals surface area contributed by atoms with E-state index >= 15 is 0 Å². The van der Waals surface area contributed by atoms with E-state index in [4.69, 9.17) is 0 Å². The van der Waals surface area contributed by atoms with E-state index in [9.17, 15) is 8.42 Å². The summed E-state index contributed by atoms with van der Waals surface area (Å²) in [7, 11) is -3.15. The Kier molecular flexibility index (Phi) is 4.97. The van der Waals surface area contributed by atoms with E-state index in [1.165, 1.54) is 31.9 Å². The fourth-order valence-electron chi connectivity index (χ4n) is 3.17. The minimum Gasteiger partial charge on any atom is -0.382 e. The molecule has 0 heterocycles. The van der Waals surface area contributed by atoms with Gasteiger partial charge in [-0.2, -0.15) is 0 Å². The Morgan fingerprint density at radius 2 is 1.95 bits per heavy atom. The van der Waals surface area contributed by atoms with Crippen LogP contribution in [0, 0.1) is 18.8 Å². The Balaban J connectivity index is 2.15. The highest BCUT2D eigenvalue weighted by Crippen LogP contribution is 2.32. The highest BCUT2D eigenvalue weighted by Gasteiger charge is 2.24. The third-order valence-electron chi connectivity index (χ3n) is 4.65. The first-order valence-corrected chi connectivity index (χ1v) is 9.73. The van der Waals surface area contributed by atoms with Crippen molar-refractivity contribution in [3.63, 3.8) is 0 Å². The van der Waals surface area contributed by atoms with Crippen LogP contribution in [0.3, 0.4) is 0 Å². The Labute approximate surface area is 129 Å². The van der Waals surface area contributed by atoms with E-state index in [0.717, 1.165) is 23.1 Å². The summed E-state index contributed by atoms with van der Waals surface area (Å²) in [5, 5.41) is 3.58. The maximum absolute atomic E-state index is 11.7. The summed E-state index contributed by atoms with van der Waals surface area (Å²) >= 11 is 0. The number of sulfone groups is 1. The second-order valence-corrected chi connectivity index (χ2v) is 8.78. The van der Waals surface area contributed by atoms with Crippen LogP contribution in [0.4, 0.5) is 5.69 Å². The van der Waals surface area contributed by atoms with E-state index in [1.807, 2.05) is 13.0 Å². The van der Waals surface area contributed by atoms with Crippen LogP contribution in [0.5, 0.6) is 0 Å². The third kappa shape index (κ3) is 4.22. The molecule has 1 aromatic rings. The lowest BCUT2D eigenvalue weighted by atomic mass is 9.79. The molecule has 1 aliphatic carbocycles. The van der Waals surface area contributed by atoms with Gasteiger partial charge in [-0.3, -0.25) is 0 Å². The fourth-order valence-corrected chi connectivity index (χ4v) is 3.82. The maximum atomic E-state index is 11.7. The molecule has 0 aliphatic heterocycles. The van der Waals surface area contributed by atoms with E-state index in [-0.39, 0.29) is 0 Å². The van der Waals surface area contributed by atoms with Crippen molar-refractivity contribution in [1.29, 1.82) is 0 Å². The predicted molar refractivity (Wildman–Crippen MR) is 88.5 cm³/mol. The lowest BCUT2D eigenvalue weighted by molar-refractivity contribution is 0.264. The Morgan fingerprint density at radius 1 is 1.24 bits per heavy atom. The molecule has 118 valence electrons. The first kappa shape index (κ1) is 16.3. The molecule has 0 aromatic heterocycles. The number of hydrogen-bond acceptors (Lipinski definition) is 3. The minimum atomic E-state index is -3.15. The first-order chi connectivity index (χ1) is 9.77. The smallest absolute Gasteiger partial charge is 0.175 e. The molecule has 1 aliphatic rings. The van der Waals surface area contributed by atoms with Gasteiger partial charge >= 0.3 is 0 Å². The summed E-state index contributed by atoms with van der Waals surface area (Å²) in [6.07, 6.45) is 6.19. The zero-order valence-corrected chi connectivity index (χ0v) is 14.3. The Morgan fingerprint density at radius 3 is 2.57 bits per heavy atom. The molecular formula is C17H27NO2S. The van der Waals surface area contributed by atoms with E-state index in [1.54, 1.807) is 12.1 Å². The second kappa shape index (κ2) is 6.39. The van der Waals surface area contributed by atoms with Gasteiger partial charge in [-0.1, -0.05) is 32.8 Å². The number of rotatable bonds is 4. The molecule has 2 unspecified atom stereocenters. The van der Waals surface area contributed by atoms with Gasteiger partial charge in [-0.25, -0.2) is 8.42 Å². The average Bonchev–Trinajstić information content (AvgIpc) is 2.40. The molecule has 1 N–H and O–H groups in total. The second-order valence-electron chi connectivity index (χ2n) is 6.76. The quantitative estimate of drug-likeness (QED) is 0.913. The predicted octanol–water partition coefficient (Wildman–Crippen LogP) is 4.03. The van der Waals surface area contributed by atoms with Crippen molar-refractivity contribution in [2.75, 3.05) is 11.6 Å². The van der Waals surface area contributed by atoms with E-state index < -0.39 is 9.84 Å². The minimum absolute atomic E-state index is 0.395. The molecular weight excluding hydrogens is 282 g/mol. The highest BCUT2D eigenvalue weighted by molar-refractivity contribution is 7.90. The van der Waals surface area contributed by atoms with Crippen molar-refractivity contribution in [2.24, 2.45) is 11.8 Å². The van der Waals surface area contributed by atoms with Crippen LogP contribution in [-0.2, 0) is 9.84 Å². The molecule has 1 fully saturated rings. The molecule has 4 heteroatoms. The molecule has 2 atom stereocenters. The molecule has 0 amide bonds. The fraction of sp³-hybridized carbons (Fsp3) is 0.647. The molecule has 2 rings (SSSR count). The summed E-state index contributed by atoms with van der Waals surface area (Å²) in [6.45, 7) is 6.61. The zero-order valence-electron chi connectivity index (χ0n) is 13.5. The van der Waals surface area contributed by atoms with Gasteiger partial charge < -0.3 is 5.32 Å². The Hall–Kier alpha value is -1.03. The Bertz CT molecular complexity index is 593. The van der Waals surface area contributed by atoms with E-state index in [0.29, 0.717) is 10.9 Å². The van der Waals surface area contributed by atoms with Gasteiger partial charge in [0.1, 0.15) is 0 Å².